The SMILES string of the molecule is Cc1onc(-c2ccccc2Cl)c1C(=O)Nc1nnc(SCC(=O)Nc2cccc([N+](=O)[O-])c2)s1. The van der Waals surface area contributed by atoms with Gasteiger partial charge in [0.25, 0.3) is 11.6 Å². The lowest BCUT2D eigenvalue weighted by Gasteiger charge is -2.04. The topological polar surface area (TPSA) is 153 Å². The highest BCUT2D eigenvalue weighted by Crippen LogP contribution is 2.32. The standard InChI is InChI=1S/C21H15ClN6O5S2/c1-11-17(18(27-33-11)14-7-2-3-8-15(14)22)19(30)24-20-25-26-21(35-20)34-10-16(29)23-12-5-4-6-13(9-12)28(31)32/h2-9H,10H2,1H3,(H,23,29)(H,24,25,30). The molecule has 35 heavy (non-hydrogen) atoms. The number of anilines is 2. The summed E-state index contributed by atoms with van der Waals surface area (Å²) in [5.41, 5.74) is 1.27. The number of rotatable bonds is 8. The second-order valence-electron chi connectivity index (χ2n) is 6.91. The quantitative estimate of drug-likeness (QED) is 0.138. The zero-order valence-electron chi connectivity index (χ0n) is 17.9. The summed E-state index contributed by atoms with van der Waals surface area (Å²) in [7, 11) is 0. The molecule has 0 aliphatic rings. The maximum absolute atomic E-state index is 12.9. The number of aryl methyl sites for hydroxylation is 1. The van der Waals surface area contributed by atoms with Crippen LogP contribution in [0.4, 0.5) is 16.5 Å². The van der Waals surface area contributed by atoms with Gasteiger partial charge < -0.3 is 9.84 Å². The lowest BCUT2D eigenvalue weighted by Crippen LogP contribution is -2.14. The van der Waals surface area contributed by atoms with Gasteiger partial charge in [-0.3, -0.25) is 25.0 Å². The van der Waals surface area contributed by atoms with Crippen LogP contribution in [0.2, 0.25) is 5.02 Å². The lowest BCUT2D eigenvalue weighted by atomic mass is 10.1. The van der Waals surface area contributed by atoms with Crippen LogP contribution in [0.5, 0.6) is 0 Å². The predicted molar refractivity (Wildman–Crippen MR) is 132 cm³/mol. The summed E-state index contributed by atoms with van der Waals surface area (Å²) in [6.45, 7) is 1.61. The minimum atomic E-state index is -0.542. The van der Waals surface area contributed by atoms with E-state index in [0.717, 1.165) is 23.1 Å². The van der Waals surface area contributed by atoms with Crippen LogP contribution in [-0.4, -0.2) is 37.8 Å². The summed E-state index contributed by atoms with van der Waals surface area (Å²) >= 11 is 8.44. The summed E-state index contributed by atoms with van der Waals surface area (Å²) in [5, 5.41) is 28.6. The minimum Gasteiger partial charge on any atom is -0.360 e. The first-order valence-electron chi connectivity index (χ1n) is 9.85. The van der Waals surface area contributed by atoms with E-state index in [0.29, 0.717) is 32.1 Å². The molecule has 0 aliphatic heterocycles. The van der Waals surface area contributed by atoms with Crippen LogP contribution in [0.1, 0.15) is 16.1 Å². The summed E-state index contributed by atoms with van der Waals surface area (Å²) in [6, 6.07) is 12.6. The Morgan fingerprint density at radius 1 is 1.17 bits per heavy atom. The molecule has 2 amide bonds. The largest absolute Gasteiger partial charge is 0.360 e. The number of aromatic nitrogens is 3. The molecule has 4 rings (SSSR count). The number of nitro groups is 1. The molecular weight excluding hydrogens is 516 g/mol. The first-order valence-corrected chi connectivity index (χ1v) is 12.0. The van der Waals surface area contributed by atoms with Gasteiger partial charge >= 0.3 is 0 Å². The highest BCUT2D eigenvalue weighted by Gasteiger charge is 2.24. The third-order valence-corrected chi connectivity index (χ3v) is 6.81. The van der Waals surface area contributed by atoms with E-state index in [2.05, 4.69) is 26.0 Å². The Hall–Kier alpha value is -3.81. The number of benzene rings is 2. The first kappa shape index (κ1) is 24.3. The monoisotopic (exact) mass is 530 g/mol. The van der Waals surface area contributed by atoms with Gasteiger partial charge in [-0.2, -0.15) is 0 Å². The molecule has 0 spiro atoms. The average molecular weight is 531 g/mol. The van der Waals surface area contributed by atoms with Crippen molar-refractivity contribution in [2.45, 2.75) is 11.3 Å². The molecule has 0 saturated carbocycles. The second-order valence-corrected chi connectivity index (χ2v) is 9.52. The van der Waals surface area contributed by atoms with Gasteiger partial charge in [-0.05, 0) is 19.1 Å². The number of carbonyl (C=O) groups is 2. The van der Waals surface area contributed by atoms with Gasteiger partial charge in [0.05, 0.1) is 15.7 Å². The summed E-state index contributed by atoms with van der Waals surface area (Å²) in [6.07, 6.45) is 0. The van der Waals surface area contributed by atoms with E-state index >= 15 is 0 Å². The molecule has 11 nitrogen and oxygen atoms in total. The molecule has 14 heteroatoms. The molecule has 0 unspecified atom stereocenters. The van der Waals surface area contributed by atoms with Crippen molar-refractivity contribution in [3.63, 3.8) is 0 Å². The highest BCUT2D eigenvalue weighted by molar-refractivity contribution is 8.01. The van der Waals surface area contributed by atoms with Crippen molar-refractivity contribution in [1.29, 1.82) is 0 Å². The van der Waals surface area contributed by atoms with Crippen LogP contribution in [0.25, 0.3) is 11.3 Å². The van der Waals surface area contributed by atoms with E-state index in [1.165, 1.54) is 18.2 Å². The summed E-state index contributed by atoms with van der Waals surface area (Å²) < 4.78 is 5.66. The van der Waals surface area contributed by atoms with E-state index in [1.807, 2.05) is 0 Å². The number of hydrogen-bond acceptors (Lipinski definition) is 10. The van der Waals surface area contributed by atoms with Crippen LogP contribution in [0.3, 0.4) is 0 Å². The van der Waals surface area contributed by atoms with Crippen molar-refractivity contribution in [2.75, 3.05) is 16.4 Å². The van der Waals surface area contributed by atoms with Gasteiger partial charge in [0.1, 0.15) is 17.0 Å². The van der Waals surface area contributed by atoms with Crippen LogP contribution >= 0.6 is 34.7 Å². The van der Waals surface area contributed by atoms with Gasteiger partial charge in [0, 0.05) is 23.4 Å². The third kappa shape index (κ3) is 5.82. The van der Waals surface area contributed by atoms with Crippen molar-refractivity contribution in [1.82, 2.24) is 15.4 Å². The van der Waals surface area contributed by atoms with Gasteiger partial charge in [0.2, 0.25) is 11.0 Å². The van der Waals surface area contributed by atoms with Crippen molar-refractivity contribution in [3.8, 4) is 11.3 Å². The number of nitrogens with one attached hydrogen (secondary N) is 2. The molecule has 0 saturated heterocycles. The molecule has 4 aromatic rings. The first-order chi connectivity index (χ1) is 16.8. The number of thioether (sulfide) groups is 1. The second kappa shape index (κ2) is 10.6. The van der Waals surface area contributed by atoms with E-state index < -0.39 is 10.8 Å². The fourth-order valence-electron chi connectivity index (χ4n) is 2.98. The fraction of sp³-hybridized carbons (Fsp3) is 0.0952. The lowest BCUT2D eigenvalue weighted by molar-refractivity contribution is -0.384. The van der Waals surface area contributed by atoms with E-state index in [4.69, 9.17) is 16.1 Å². The number of amides is 2. The van der Waals surface area contributed by atoms with Crippen LogP contribution in [0.15, 0.2) is 57.4 Å². The number of carbonyl (C=O) groups excluding carboxylic acids is 2. The number of nitrogens with zero attached hydrogens (tertiary/aromatic N) is 4. The molecular formula is C21H15ClN6O5S2. The Kier molecular flexibility index (Phi) is 7.39. The maximum atomic E-state index is 12.9. The summed E-state index contributed by atoms with van der Waals surface area (Å²) in [4.78, 5) is 35.4. The Morgan fingerprint density at radius 2 is 1.97 bits per heavy atom. The molecule has 0 bridgehead atoms. The zero-order chi connectivity index (χ0) is 24.9. The van der Waals surface area contributed by atoms with Gasteiger partial charge in [-0.15, -0.1) is 10.2 Å². The molecule has 0 atom stereocenters. The van der Waals surface area contributed by atoms with Gasteiger partial charge in [-0.1, -0.05) is 64.1 Å². The molecule has 2 aromatic carbocycles. The Balaban J connectivity index is 1.38. The zero-order valence-corrected chi connectivity index (χ0v) is 20.2. The normalized spacial score (nSPS) is 10.7. The number of nitro benzene ring substituents is 1. The maximum Gasteiger partial charge on any atom is 0.271 e. The Morgan fingerprint density at radius 3 is 2.74 bits per heavy atom. The third-order valence-electron chi connectivity index (χ3n) is 4.51. The number of hydrogen-bond donors (Lipinski definition) is 2. The van der Waals surface area contributed by atoms with E-state index in [1.54, 1.807) is 37.3 Å². The molecule has 2 heterocycles. The Labute approximate surface area is 211 Å². The highest BCUT2D eigenvalue weighted by atomic mass is 35.5. The summed E-state index contributed by atoms with van der Waals surface area (Å²) in [5.74, 6) is -0.558. The van der Waals surface area contributed by atoms with Gasteiger partial charge in [0.15, 0.2) is 4.34 Å². The van der Waals surface area contributed by atoms with Crippen LogP contribution in [-0.2, 0) is 4.79 Å². The van der Waals surface area contributed by atoms with Crippen molar-refractivity contribution in [3.05, 3.63) is 75.0 Å². The molecule has 0 fully saturated rings. The predicted octanol–water partition coefficient (Wildman–Crippen LogP) is 5.05. The molecule has 0 aliphatic carbocycles. The minimum absolute atomic E-state index is 0.00726. The van der Waals surface area contributed by atoms with E-state index in [9.17, 15) is 19.7 Å². The molecule has 178 valence electrons. The van der Waals surface area contributed by atoms with E-state index in [-0.39, 0.29) is 28.0 Å². The molecule has 2 N–H and O–H groups in total. The van der Waals surface area contributed by atoms with Gasteiger partial charge in [-0.25, -0.2) is 0 Å². The number of non-ortho nitro benzene ring substituents is 1. The fourth-order valence-corrected chi connectivity index (χ4v) is 4.75. The van der Waals surface area contributed by atoms with Crippen molar-refractivity contribution >= 4 is 63.0 Å². The van der Waals surface area contributed by atoms with Crippen molar-refractivity contribution in [2.24, 2.45) is 0 Å². The van der Waals surface area contributed by atoms with Crippen LogP contribution < -0.4 is 10.6 Å². The molecule has 2 aromatic heterocycles. The Bertz CT molecular complexity index is 1420. The number of halogens is 1. The average Bonchev–Trinajstić information content (AvgIpc) is 3.44. The smallest absolute Gasteiger partial charge is 0.271 e. The van der Waals surface area contributed by atoms with Crippen LogP contribution in [0, 0.1) is 17.0 Å². The van der Waals surface area contributed by atoms with Crippen molar-refractivity contribution < 1.29 is 19.0 Å². The molecule has 0 radical (unpaired) electrons.